The third kappa shape index (κ3) is 3.39. The van der Waals surface area contributed by atoms with Gasteiger partial charge in [-0.15, -0.1) is 0 Å². The predicted octanol–water partition coefficient (Wildman–Crippen LogP) is 4.79. The number of ether oxygens (including phenoxy) is 1. The van der Waals surface area contributed by atoms with E-state index in [0.717, 1.165) is 11.1 Å². The van der Waals surface area contributed by atoms with Crippen LogP contribution in [0.2, 0.25) is 5.02 Å². The van der Waals surface area contributed by atoms with Gasteiger partial charge in [0.2, 0.25) is 0 Å². The molecule has 0 unspecified atom stereocenters. The van der Waals surface area contributed by atoms with Gasteiger partial charge >= 0.3 is 6.61 Å². The van der Waals surface area contributed by atoms with E-state index in [1.807, 2.05) is 13.8 Å². The Bertz CT molecular complexity index is 684. The summed E-state index contributed by atoms with van der Waals surface area (Å²) >= 11 is 6.09. The summed E-state index contributed by atoms with van der Waals surface area (Å²) in [4.78, 5) is 12.5. The highest BCUT2D eigenvalue weighted by molar-refractivity contribution is 6.35. The summed E-state index contributed by atoms with van der Waals surface area (Å²) in [6.45, 7) is 0.738. The molecule has 110 valence electrons. The van der Waals surface area contributed by atoms with Crippen molar-refractivity contribution in [3.8, 4) is 5.75 Å². The molecular weight excluding hydrogens is 298 g/mol. The van der Waals surface area contributed by atoms with Gasteiger partial charge in [0.05, 0.1) is 10.6 Å². The van der Waals surface area contributed by atoms with Crippen LogP contribution >= 0.6 is 11.6 Å². The second-order valence-electron chi connectivity index (χ2n) is 4.62. The van der Waals surface area contributed by atoms with Crippen molar-refractivity contribution in [1.29, 1.82) is 0 Å². The standard InChI is InChI=1S/C16H13ClF2O2/c1-9-7-12(13(17)8-10(9)2)15(20)11-5-3-4-6-14(11)21-16(18)19/h3-8,16H,1-2H3. The Kier molecular flexibility index (Phi) is 4.58. The van der Waals surface area contributed by atoms with Gasteiger partial charge in [0, 0.05) is 5.56 Å². The Morgan fingerprint density at radius 1 is 1.10 bits per heavy atom. The number of ketones is 1. The number of aryl methyl sites for hydroxylation is 2. The lowest BCUT2D eigenvalue weighted by molar-refractivity contribution is -0.0501. The summed E-state index contributed by atoms with van der Waals surface area (Å²) in [5, 5.41) is 0.287. The molecule has 0 amide bonds. The molecule has 2 nitrogen and oxygen atoms in total. The number of halogens is 3. The van der Waals surface area contributed by atoms with E-state index in [2.05, 4.69) is 4.74 Å². The molecule has 2 aromatic rings. The minimum Gasteiger partial charge on any atom is -0.434 e. The number of hydrogen-bond donors (Lipinski definition) is 0. The van der Waals surface area contributed by atoms with E-state index in [0.29, 0.717) is 0 Å². The molecule has 21 heavy (non-hydrogen) atoms. The first-order valence-electron chi connectivity index (χ1n) is 6.25. The molecule has 0 aliphatic carbocycles. The van der Waals surface area contributed by atoms with E-state index in [9.17, 15) is 13.6 Å². The van der Waals surface area contributed by atoms with Crippen LogP contribution in [0.3, 0.4) is 0 Å². The average molecular weight is 311 g/mol. The van der Waals surface area contributed by atoms with Crippen molar-refractivity contribution < 1.29 is 18.3 Å². The first-order valence-corrected chi connectivity index (χ1v) is 6.63. The molecule has 0 saturated carbocycles. The summed E-state index contributed by atoms with van der Waals surface area (Å²) in [6, 6.07) is 9.21. The van der Waals surface area contributed by atoms with Gasteiger partial charge in [-0.3, -0.25) is 4.79 Å². The van der Waals surface area contributed by atoms with Crippen molar-refractivity contribution in [2.75, 3.05) is 0 Å². The number of rotatable bonds is 4. The van der Waals surface area contributed by atoms with Crippen molar-refractivity contribution in [2.45, 2.75) is 20.5 Å². The number of carbonyl (C=O) groups is 1. The number of benzene rings is 2. The molecule has 0 heterocycles. The van der Waals surface area contributed by atoms with Gasteiger partial charge in [0.1, 0.15) is 5.75 Å². The summed E-state index contributed by atoms with van der Waals surface area (Å²) < 4.78 is 29.2. The molecule has 5 heteroatoms. The zero-order chi connectivity index (χ0) is 15.6. The van der Waals surface area contributed by atoms with Crippen LogP contribution in [0.15, 0.2) is 36.4 Å². The molecular formula is C16H13ClF2O2. The lowest BCUT2D eigenvalue weighted by atomic mass is 9.98. The summed E-state index contributed by atoms with van der Waals surface area (Å²) in [5.41, 5.74) is 2.18. The van der Waals surface area contributed by atoms with Gasteiger partial charge in [-0.1, -0.05) is 23.7 Å². The van der Waals surface area contributed by atoms with Crippen molar-refractivity contribution in [3.05, 3.63) is 63.7 Å². The molecule has 0 atom stereocenters. The zero-order valence-corrected chi connectivity index (χ0v) is 12.2. The average Bonchev–Trinajstić information content (AvgIpc) is 2.42. The number of hydrogen-bond acceptors (Lipinski definition) is 2. The van der Waals surface area contributed by atoms with Crippen molar-refractivity contribution in [1.82, 2.24) is 0 Å². The topological polar surface area (TPSA) is 26.3 Å². The lowest BCUT2D eigenvalue weighted by Gasteiger charge is -2.11. The first kappa shape index (κ1) is 15.4. The third-order valence-electron chi connectivity index (χ3n) is 3.18. The lowest BCUT2D eigenvalue weighted by Crippen LogP contribution is -2.09. The van der Waals surface area contributed by atoms with Gasteiger partial charge in [-0.25, -0.2) is 0 Å². The molecule has 0 fully saturated rings. The fraction of sp³-hybridized carbons (Fsp3) is 0.188. The quantitative estimate of drug-likeness (QED) is 0.759. The highest BCUT2D eigenvalue weighted by Gasteiger charge is 2.19. The van der Waals surface area contributed by atoms with Crippen molar-refractivity contribution in [2.24, 2.45) is 0 Å². The maximum absolute atomic E-state index is 12.5. The van der Waals surface area contributed by atoms with Crippen LogP contribution in [0.4, 0.5) is 8.78 Å². The Hall–Kier alpha value is -1.94. The Morgan fingerprint density at radius 2 is 1.71 bits per heavy atom. The molecule has 0 aliphatic heterocycles. The minimum absolute atomic E-state index is 0.0583. The van der Waals surface area contributed by atoms with Gasteiger partial charge < -0.3 is 4.74 Å². The van der Waals surface area contributed by atoms with E-state index < -0.39 is 12.4 Å². The second kappa shape index (κ2) is 6.22. The van der Waals surface area contributed by atoms with Gasteiger partial charge in [-0.05, 0) is 49.2 Å². The summed E-state index contributed by atoms with van der Waals surface area (Å²) in [5.74, 6) is -0.605. The Morgan fingerprint density at radius 3 is 2.38 bits per heavy atom. The molecule has 0 aliphatic rings. The Balaban J connectivity index is 2.48. The van der Waals surface area contributed by atoms with Crippen molar-refractivity contribution >= 4 is 17.4 Å². The molecule has 0 radical (unpaired) electrons. The van der Waals surface area contributed by atoms with E-state index in [1.165, 1.54) is 18.2 Å². The maximum atomic E-state index is 12.5. The van der Waals surface area contributed by atoms with Crippen LogP contribution in [-0.2, 0) is 0 Å². The van der Waals surface area contributed by atoms with Crippen LogP contribution in [0.5, 0.6) is 5.75 Å². The van der Waals surface area contributed by atoms with Crippen LogP contribution in [0.1, 0.15) is 27.0 Å². The fourth-order valence-electron chi connectivity index (χ4n) is 1.95. The van der Waals surface area contributed by atoms with Gasteiger partial charge in [0.15, 0.2) is 5.78 Å². The molecule has 0 spiro atoms. The van der Waals surface area contributed by atoms with Crippen LogP contribution in [0, 0.1) is 13.8 Å². The Labute approximate surface area is 126 Å². The second-order valence-corrected chi connectivity index (χ2v) is 5.03. The monoisotopic (exact) mass is 310 g/mol. The van der Waals surface area contributed by atoms with E-state index in [1.54, 1.807) is 18.2 Å². The normalized spacial score (nSPS) is 10.8. The molecule has 0 saturated heterocycles. The first-order chi connectivity index (χ1) is 9.90. The highest BCUT2D eigenvalue weighted by Crippen LogP contribution is 2.28. The molecule has 2 rings (SSSR count). The number of alkyl halides is 2. The smallest absolute Gasteiger partial charge is 0.387 e. The van der Waals surface area contributed by atoms with Crippen molar-refractivity contribution in [3.63, 3.8) is 0 Å². The molecule has 0 aromatic heterocycles. The summed E-state index contributed by atoms with van der Waals surface area (Å²) in [6.07, 6.45) is 0. The van der Waals surface area contributed by atoms with Gasteiger partial charge in [0.25, 0.3) is 0 Å². The third-order valence-corrected chi connectivity index (χ3v) is 3.49. The van der Waals surface area contributed by atoms with Crippen LogP contribution < -0.4 is 4.74 Å². The largest absolute Gasteiger partial charge is 0.434 e. The van der Waals surface area contributed by atoms with E-state index in [-0.39, 0.29) is 21.9 Å². The molecule has 2 aromatic carbocycles. The molecule has 0 N–H and O–H groups in total. The van der Waals surface area contributed by atoms with Gasteiger partial charge in [-0.2, -0.15) is 8.78 Å². The maximum Gasteiger partial charge on any atom is 0.387 e. The number of para-hydroxylation sites is 1. The fourth-order valence-corrected chi connectivity index (χ4v) is 2.26. The molecule has 0 bridgehead atoms. The predicted molar refractivity (Wildman–Crippen MR) is 77.4 cm³/mol. The van der Waals surface area contributed by atoms with Crippen LogP contribution in [0.25, 0.3) is 0 Å². The number of carbonyl (C=O) groups excluding carboxylic acids is 1. The van der Waals surface area contributed by atoms with E-state index >= 15 is 0 Å². The van der Waals surface area contributed by atoms with Crippen LogP contribution in [-0.4, -0.2) is 12.4 Å². The SMILES string of the molecule is Cc1cc(Cl)c(C(=O)c2ccccc2OC(F)F)cc1C. The van der Waals surface area contributed by atoms with E-state index in [4.69, 9.17) is 11.6 Å². The minimum atomic E-state index is -2.99. The zero-order valence-electron chi connectivity index (χ0n) is 11.5. The highest BCUT2D eigenvalue weighted by atomic mass is 35.5. The summed E-state index contributed by atoms with van der Waals surface area (Å²) in [7, 11) is 0.